The molecule has 5 nitrogen and oxygen atoms in total. The fourth-order valence-corrected chi connectivity index (χ4v) is 1.52. The van der Waals surface area contributed by atoms with E-state index in [1.165, 1.54) is 12.5 Å². The van der Waals surface area contributed by atoms with Crippen LogP contribution < -0.4 is 5.32 Å². The van der Waals surface area contributed by atoms with Crippen LogP contribution in [-0.4, -0.2) is 11.0 Å². The van der Waals surface area contributed by atoms with E-state index in [2.05, 4.69) is 26.1 Å². The van der Waals surface area contributed by atoms with Gasteiger partial charge in [0.05, 0.1) is 12.6 Å². The lowest BCUT2D eigenvalue weighted by molar-refractivity contribution is -0.402. The number of rotatable bonds is 7. The zero-order valence-corrected chi connectivity index (χ0v) is 10.6. The number of hydrogen-bond acceptors (Lipinski definition) is 4. The number of furan rings is 1. The van der Waals surface area contributed by atoms with Gasteiger partial charge in [-0.2, -0.15) is 0 Å². The summed E-state index contributed by atoms with van der Waals surface area (Å²) >= 11 is 0. The van der Waals surface area contributed by atoms with Crippen LogP contribution in [0, 0.1) is 16.0 Å². The van der Waals surface area contributed by atoms with Crippen LogP contribution in [0.15, 0.2) is 16.5 Å². The van der Waals surface area contributed by atoms with Gasteiger partial charge in [0.25, 0.3) is 0 Å². The summed E-state index contributed by atoms with van der Waals surface area (Å²) in [6.07, 6.45) is 2.27. The minimum absolute atomic E-state index is 0.198. The van der Waals surface area contributed by atoms with Crippen molar-refractivity contribution in [2.24, 2.45) is 5.92 Å². The van der Waals surface area contributed by atoms with E-state index in [-0.39, 0.29) is 5.88 Å². The second-order valence-electron chi connectivity index (χ2n) is 4.75. The maximum absolute atomic E-state index is 10.4. The Labute approximate surface area is 101 Å². The lowest BCUT2D eigenvalue weighted by Crippen LogP contribution is -2.25. The first kappa shape index (κ1) is 13.7. The molecular weight excluding hydrogens is 220 g/mol. The summed E-state index contributed by atoms with van der Waals surface area (Å²) in [6.45, 7) is 7.04. The van der Waals surface area contributed by atoms with Crippen molar-refractivity contribution < 1.29 is 9.34 Å². The quantitative estimate of drug-likeness (QED) is 0.587. The van der Waals surface area contributed by atoms with Gasteiger partial charge in [-0.25, -0.2) is 0 Å². The van der Waals surface area contributed by atoms with E-state index in [1.807, 2.05) is 0 Å². The predicted octanol–water partition coefficient (Wildman–Crippen LogP) is 3.10. The third-order valence-electron chi connectivity index (χ3n) is 2.63. The van der Waals surface area contributed by atoms with Gasteiger partial charge in [0, 0.05) is 6.04 Å². The van der Waals surface area contributed by atoms with Crippen LogP contribution in [0.1, 0.15) is 39.4 Å². The number of nitrogens with one attached hydrogen (secondary N) is 1. The van der Waals surface area contributed by atoms with Crippen LogP contribution in [0.25, 0.3) is 0 Å². The fourth-order valence-electron chi connectivity index (χ4n) is 1.52. The van der Waals surface area contributed by atoms with E-state index in [0.717, 1.165) is 6.42 Å². The van der Waals surface area contributed by atoms with E-state index < -0.39 is 4.92 Å². The highest BCUT2D eigenvalue weighted by molar-refractivity contribution is 5.17. The molecule has 1 N–H and O–H groups in total. The summed E-state index contributed by atoms with van der Waals surface area (Å²) in [5.74, 6) is 1.11. The summed E-state index contributed by atoms with van der Waals surface area (Å²) in [7, 11) is 0. The second-order valence-corrected chi connectivity index (χ2v) is 4.75. The Morgan fingerprint density at radius 1 is 1.35 bits per heavy atom. The molecule has 0 saturated carbocycles. The van der Waals surface area contributed by atoms with Crippen molar-refractivity contribution in [2.75, 3.05) is 0 Å². The molecule has 0 aliphatic rings. The average molecular weight is 240 g/mol. The first-order valence-electron chi connectivity index (χ1n) is 5.95. The zero-order chi connectivity index (χ0) is 12.8. The summed E-state index contributed by atoms with van der Waals surface area (Å²) in [4.78, 5) is 9.90. The van der Waals surface area contributed by atoms with Gasteiger partial charge in [0.15, 0.2) is 0 Å². The van der Waals surface area contributed by atoms with Crippen LogP contribution in [0.3, 0.4) is 0 Å². The maximum atomic E-state index is 10.4. The standard InChI is InChI=1S/C12H20N2O3/c1-9(2)4-5-10(3)13-8-11-6-7-12(17-11)14(15)16/h6-7,9-10,13H,4-5,8H2,1-3H3. The normalized spacial score (nSPS) is 12.9. The first-order chi connectivity index (χ1) is 7.99. The minimum Gasteiger partial charge on any atom is -0.404 e. The van der Waals surface area contributed by atoms with Crippen molar-refractivity contribution >= 4 is 5.88 Å². The third-order valence-corrected chi connectivity index (χ3v) is 2.63. The second kappa shape index (κ2) is 6.39. The highest BCUT2D eigenvalue weighted by Crippen LogP contribution is 2.15. The fraction of sp³-hybridized carbons (Fsp3) is 0.667. The SMILES string of the molecule is CC(C)CCC(C)NCc1ccc([N+](=O)[O-])o1. The molecule has 0 aliphatic carbocycles. The molecule has 1 unspecified atom stereocenters. The van der Waals surface area contributed by atoms with E-state index in [4.69, 9.17) is 4.42 Å². The maximum Gasteiger partial charge on any atom is 0.433 e. The first-order valence-corrected chi connectivity index (χ1v) is 5.95. The van der Waals surface area contributed by atoms with Crippen molar-refractivity contribution in [2.45, 2.75) is 46.2 Å². The van der Waals surface area contributed by atoms with Gasteiger partial charge in [-0.15, -0.1) is 0 Å². The van der Waals surface area contributed by atoms with Crippen molar-refractivity contribution in [1.29, 1.82) is 0 Å². The summed E-state index contributed by atoms with van der Waals surface area (Å²) < 4.78 is 5.06. The average Bonchev–Trinajstić information content (AvgIpc) is 2.72. The molecule has 1 rings (SSSR count). The van der Waals surface area contributed by atoms with E-state index >= 15 is 0 Å². The molecule has 0 aromatic carbocycles. The molecule has 17 heavy (non-hydrogen) atoms. The van der Waals surface area contributed by atoms with Crippen LogP contribution in [0.4, 0.5) is 5.88 Å². The van der Waals surface area contributed by atoms with E-state index in [1.54, 1.807) is 6.07 Å². The van der Waals surface area contributed by atoms with Gasteiger partial charge in [0.1, 0.15) is 10.7 Å². The Balaban J connectivity index is 2.31. The third kappa shape index (κ3) is 4.99. The van der Waals surface area contributed by atoms with Crippen LogP contribution in [0.2, 0.25) is 0 Å². The molecule has 1 aromatic rings. The largest absolute Gasteiger partial charge is 0.433 e. The van der Waals surface area contributed by atoms with Crippen LogP contribution >= 0.6 is 0 Å². The van der Waals surface area contributed by atoms with Gasteiger partial charge in [-0.1, -0.05) is 13.8 Å². The van der Waals surface area contributed by atoms with Crippen molar-refractivity contribution in [3.63, 3.8) is 0 Å². The molecule has 0 aliphatic heterocycles. The molecule has 1 aromatic heterocycles. The molecule has 5 heteroatoms. The monoisotopic (exact) mass is 240 g/mol. The summed E-state index contributed by atoms with van der Waals surface area (Å²) in [6, 6.07) is 3.41. The van der Waals surface area contributed by atoms with Crippen molar-refractivity contribution in [3.8, 4) is 0 Å². The Morgan fingerprint density at radius 3 is 2.59 bits per heavy atom. The van der Waals surface area contributed by atoms with Crippen molar-refractivity contribution in [3.05, 3.63) is 28.0 Å². The van der Waals surface area contributed by atoms with Crippen molar-refractivity contribution in [1.82, 2.24) is 5.32 Å². The van der Waals surface area contributed by atoms with Gasteiger partial charge in [-0.3, -0.25) is 10.1 Å². The highest BCUT2D eigenvalue weighted by atomic mass is 16.6. The Morgan fingerprint density at radius 2 is 2.06 bits per heavy atom. The topological polar surface area (TPSA) is 68.3 Å². The molecule has 0 spiro atoms. The van der Waals surface area contributed by atoms with E-state index in [9.17, 15) is 10.1 Å². The smallest absolute Gasteiger partial charge is 0.404 e. The highest BCUT2D eigenvalue weighted by Gasteiger charge is 2.12. The minimum atomic E-state index is -0.522. The lowest BCUT2D eigenvalue weighted by Gasteiger charge is -2.13. The molecular formula is C12H20N2O3. The number of nitrogens with zero attached hydrogens (tertiary/aromatic N) is 1. The molecule has 0 fully saturated rings. The Hall–Kier alpha value is -1.36. The molecule has 1 heterocycles. The zero-order valence-electron chi connectivity index (χ0n) is 10.6. The molecule has 0 saturated heterocycles. The lowest BCUT2D eigenvalue weighted by atomic mass is 10.0. The Kier molecular flexibility index (Phi) is 5.15. The number of nitro groups is 1. The van der Waals surface area contributed by atoms with Crippen LogP contribution in [0.5, 0.6) is 0 Å². The molecule has 0 amide bonds. The van der Waals surface area contributed by atoms with Crippen LogP contribution in [-0.2, 0) is 6.54 Å². The summed E-state index contributed by atoms with van der Waals surface area (Å²) in [5.41, 5.74) is 0. The summed E-state index contributed by atoms with van der Waals surface area (Å²) in [5, 5.41) is 13.7. The molecule has 0 bridgehead atoms. The Bertz CT molecular complexity index is 360. The van der Waals surface area contributed by atoms with E-state index in [0.29, 0.717) is 24.3 Å². The van der Waals surface area contributed by atoms with Gasteiger partial charge >= 0.3 is 5.88 Å². The van der Waals surface area contributed by atoms with Gasteiger partial charge in [0.2, 0.25) is 0 Å². The van der Waals surface area contributed by atoms with Gasteiger partial charge in [-0.05, 0) is 31.7 Å². The number of hydrogen-bond donors (Lipinski definition) is 1. The molecule has 96 valence electrons. The predicted molar refractivity (Wildman–Crippen MR) is 65.7 cm³/mol. The van der Waals surface area contributed by atoms with Gasteiger partial charge < -0.3 is 9.73 Å². The molecule has 1 atom stereocenters. The molecule has 0 radical (unpaired) electrons.